The van der Waals surface area contributed by atoms with E-state index in [1.807, 2.05) is 0 Å². The number of alkyl halides is 3. The van der Waals surface area contributed by atoms with Crippen molar-refractivity contribution in [1.82, 2.24) is 0 Å². The zero-order valence-corrected chi connectivity index (χ0v) is 13.7. The summed E-state index contributed by atoms with van der Waals surface area (Å²) in [6.07, 6.45) is -4.77. The first-order valence-corrected chi connectivity index (χ1v) is 7.27. The highest BCUT2D eigenvalue weighted by atomic mass is 35.5. The van der Waals surface area contributed by atoms with Crippen LogP contribution in [-0.4, -0.2) is 24.4 Å². The molecule has 0 bridgehead atoms. The second-order valence-corrected chi connectivity index (χ2v) is 5.46. The van der Waals surface area contributed by atoms with E-state index in [0.717, 1.165) is 0 Å². The minimum Gasteiger partial charge on any atom is -0.465 e. The minimum atomic E-state index is -4.77. The first kappa shape index (κ1) is 18.3. The fourth-order valence-corrected chi connectivity index (χ4v) is 2.12. The molecule has 0 spiro atoms. The number of rotatable bonds is 3. The van der Waals surface area contributed by atoms with E-state index < -0.39 is 17.3 Å². The number of carbonyl (C=O) groups is 1. The highest BCUT2D eigenvalue weighted by molar-refractivity contribution is 6.67. The van der Waals surface area contributed by atoms with Gasteiger partial charge in [0.2, 0.25) is 5.17 Å². The molecular formula is C16H10Cl2F3NO2. The molecule has 0 radical (unpaired) electrons. The number of nitrogens with zero attached hydrogens (tertiary/aromatic N) is 1. The van der Waals surface area contributed by atoms with Gasteiger partial charge in [-0.15, -0.1) is 0 Å². The van der Waals surface area contributed by atoms with E-state index in [1.54, 1.807) is 24.3 Å². The highest BCUT2D eigenvalue weighted by Gasteiger charge is 2.34. The van der Waals surface area contributed by atoms with Crippen LogP contribution in [0, 0.1) is 0 Å². The van der Waals surface area contributed by atoms with E-state index in [4.69, 9.17) is 23.2 Å². The van der Waals surface area contributed by atoms with Gasteiger partial charge in [0.05, 0.1) is 18.4 Å². The number of esters is 1. The Labute approximate surface area is 145 Å². The number of halogens is 5. The van der Waals surface area contributed by atoms with Gasteiger partial charge < -0.3 is 4.74 Å². The number of ether oxygens (including phenoxy) is 1. The van der Waals surface area contributed by atoms with Gasteiger partial charge in [-0.05, 0) is 41.5 Å². The molecule has 0 heterocycles. The van der Waals surface area contributed by atoms with Crippen LogP contribution in [0.5, 0.6) is 0 Å². The number of methoxy groups -OCH3 is 1. The number of carbonyl (C=O) groups excluding carboxylic acids is 1. The Morgan fingerprint density at radius 3 is 2.25 bits per heavy atom. The van der Waals surface area contributed by atoms with E-state index in [2.05, 4.69) is 9.73 Å². The number of benzene rings is 2. The smallest absolute Gasteiger partial charge is 0.444 e. The third-order valence-corrected chi connectivity index (χ3v) is 3.53. The Morgan fingerprint density at radius 1 is 1.08 bits per heavy atom. The number of aliphatic imine (C=N–C) groups is 1. The summed E-state index contributed by atoms with van der Waals surface area (Å²) in [6, 6.07) is 10.6. The predicted molar refractivity (Wildman–Crippen MR) is 87.2 cm³/mol. The van der Waals surface area contributed by atoms with Crippen LogP contribution < -0.4 is 0 Å². The van der Waals surface area contributed by atoms with Crippen molar-refractivity contribution in [3.05, 3.63) is 53.1 Å². The van der Waals surface area contributed by atoms with Crippen molar-refractivity contribution in [1.29, 1.82) is 0 Å². The van der Waals surface area contributed by atoms with Crippen LogP contribution in [0.15, 0.2) is 47.5 Å². The van der Waals surface area contributed by atoms with Gasteiger partial charge >= 0.3 is 12.1 Å². The molecule has 0 amide bonds. The SMILES string of the molecule is COC(=O)c1cc(N=C(Cl)C(F)(F)F)cc(-c2ccc(Cl)cc2)c1. The van der Waals surface area contributed by atoms with Gasteiger partial charge in [0.1, 0.15) is 0 Å². The monoisotopic (exact) mass is 375 g/mol. The molecule has 0 aliphatic heterocycles. The molecule has 126 valence electrons. The van der Waals surface area contributed by atoms with E-state index in [9.17, 15) is 18.0 Å². The minimum absolute atomic E-state index is 0.0512. The fraction of sp³-hybridized carbons (Fsp3) is 0.125. The third kappa shape index (κ3) is 4.49. The average Bonchev–Trinajstić information content (AvgIpc) is 2.53. The molecule has 2 aromatic rings. The van der Waals surface area contributed by atoms with E-state index >= 15 is 0 Å². The zero-order chi connectivity index (χ0) is 17.9. The molecule has 0 N–H and O–H groups in total. The second-order valence-electron chi connectivity index (χ2n) is 4.67. The van der Waals surface area contributed by atoms with Crippen LogP contribution in [0.25, 0.3) is 11.1 Å². The quantitative estimate of drug-likeness (QED) is 0.515. The average molecular weight is 376 g/mol. The van der Waals surface area contributed by atoms with Crippen molar-refractivity contribution >= 4 is 40.0 Å². The summed E-state index contributed by atoms with van der Waals surface area (Å²) in [7, 11) is 1.17. The molecule has 2 rings (SSSR count). The fourth-order valence-electron chi connectivity index (χ4n) is 1.90. The maximum absolute atomic E-state index is 12.6. The predicted octanol–water partition coefficient (Wildman–Crippen LogP) is 5.62. The summed E-state index contributed by atoms with van der Waals surface area (Å²) in [5.74, 6) is -0.703. The van der Waals surface area contributed by atoms with Crippen molar-refractivity contribution in [3.8, 4) is 11.1 Å². The van der Waals surface area contributed by atoms with E-state index in [-0.39, 0.29) is 11.3 Å². The van der Waals surface area contributed by atoms with Crippen molar-refractivity contribution in [2.75, 3.05) is 7.11 Å². The number of hydrogen-bond acceptors (Lipinski definition) is 3. The third-order valence-electron chi connectivity index (χ3n) is 2.98. The Balaban J connectivity index is 2.57. The summed E-state index contributed by atoms with van der Waals surface area (Å²) < 4.78 is 42.3. The summed E-state index contributed by atoms with van der Waals surface area (Å²) in [6.45, 7) is 0. The van der Waals surface area contributed by atoms with Crippen LogP contribution in [0.3, 0.4) is 0 Å². The maximum atomic E-state index is 12.6. The Morgan fingerprint density at radius 2 is 1.71 bits per heavy atom. The molecule has 24 heavy (non-hydrogen) atoms. The molecular weight excluding hydrogens is 366 g/mol. The molecule has 3 nitrogen and oxygen atoms in total. The Bertz CT molecular complexity index is 787. The maximum Gasteiger partial charge on any atom is 0.444 e. The van der Waals surface area contributed by atoms with Crippen molar-refractivity contribution in [3.63, 3.8) is 0 Å². The van der Waals surface area contributed by atoms with Gasteiger partial charge in [-0.2, -0.15) is 13.2 Å². The summed E-state index contributed by atoms with van der Waals surface area (Å²) >= 11 is 11.0. The molecule has 0 saturated carbocycles. The Hall–Kier alpha value is -2.05. The van der Waals surface area contributed by atoms with Crippen LogP contribution in [-0.2, 0) is 4.74 Å². The van der Waals surface area contributed by atoms with Crippen LogP contribution in [0.1, 0.15) is 10.4 Å². The van der Waals surface area contributed by atoms with Gasteiger partial charge in [-0.3, -0.25) is 0 Å². The number of hydrogen-bond donors (Lipinski definition) is 0. The highest BCUT2D eigenvalue weighted by Crippen LogP contribution is 2.30. The molecule has 0 fully saturated rings. The van der Waals surface area contributed by atoms with Crippen molar-refractivity contribution in [2.24, 2.45) is 4.99 Å². The lowest BCUT2D eigenvalue weighted by Crippen LogP contribution is -2.16. The standard InChI is InChI=1S/C16H10Cl2F3NO2/c1-24-14(23)11-6-10(9-2-4-12(17)5-3-9)7-13(8-11)22-15(18)16(19,20)21/h2-8H,1H3. The lowest BCUT2D eigenvalue weighted by molar-refractivity contribution is -0.0558. The Kier molecular flexibility index (Phi) is 5.51. The topological polar surface area (TPSA) is 38.7 Å². The molecule has 0 unspecified atom stereocenters. The molecule has 0 aromatic heterocycles. The van der Waals surface area contributed by atoms with Crippen LogP contribution in [0.2, 0.25) is 5.02 Å². The molecule has 0 saturated heterocycles. The van der Waals surface area contributed by atoms with Crippen LogP contribution >= 0.6 is 23.2 Å². The van der Waals surface area contributed by atoms with Gasteiger partial charge in [0, 0.05) is 5.02 Å². The van der Waals surface area contributed by atoms with Gasteiger partial charge in [-0.1, -0.05) is 35.3 Å². The van der Waals surface area contributed by atoms with E-state index in [0.29, 0.717) is 16.1 Å². The summed E-state index contributed by atoms with van der Waals surface area (Å²) in [4.78, 5) is 15.1. The molecule has 0 aliphatic rings. The lowest BCUT2D eigenvalue weighted by Gasteiger charge is -2.08. The molecule has 2 aromatic carbocycles. The summed E-state index contributed by atoms with van der Waals surface area (Å²) in [5, 5.41) is -1.03. The van der Waals surface area contributed by atoms with Crippen LogP contribution in [0.4, 0.5) is 18.9 Å². The normalized spacial score (nSPS) is 12.2. The largest absolute Gasteiger partial charge is 0.465 e. The second kappa shape index (κ2) is 7.23. The zero-order valence-electron chi connectivity index (χ0n) is 12.2. The first-order valence-electron chi connectivity index (χ1n) is 6.51. The molecule has 8 heteroatoms. The lowest BCUT2D eigenvalue weighted by atomic mass is 10.0. The van der Waals surface area contributed by atoms with Crippen molar-refractivity contribution in [2.45, 2.75) is 6.18 Å². The van der Waals surface area contributed by atoms with E-state index in [1.165, 1.54) is 25.3 Å². The first-order chi connectivity index (χ1) is 11.2. The van der Waals surface area contributed by atoms with Crippen molar-refractivity contribution < 1.29 is 22.7 Å². The molecule has 0 aliphatic carbocycles. The van der Waals surface area contributed by atoms with Gasteiger partial charge in [0.25, 0.3) is 0 Å². The summed E-state index contributed by atoms with van der Waals surface area (Å²) in [5.41, 5.74) is 1.05. The molecule has 0 atom stereocenters. The van der Waals surface area contributed by atoms with Gasteiger partial charge in [0.15, 0.2) is 0 Å². The van der Waals surface area contributed by atoms with Gasteiger partial charge in [-0.25, -0.2) is 9.79 Å².